The summed E-state index contributed by atoms with van der Waals surface area (Å²) < 4.78 is 0. The minimum absolute atomic E-state index is 0.948. The first-order valence-electron chi connectivity index (χ1n) is 6.15. The Bertz CT molecular complexity index is 385. The van der Waals surface area contributed by atoms with Gasteiger partial charge in [-0.1, -0.05) is 79.0 Å². The fourth-order valence-corrected chi connectivity index (χ4v) is 3.76. The van der Waals surface area contributed by atoms with Crippen molar-refractivity contribution in [3.8, 4) is 0 Å². The third-order valence-electron chi connectivity index (χ3n) is 2.87. The molecular weight excluding hydrogens is 220 g/mol. The molecule has 0 aromatic heterocycles. The summed E-state index contributed by atoms with van der Waals surface area (Å²) in [5.74, 6) is 0. The molecule has 1 heteroatoms. The van der Waals surface area contributed by atoms with Crippen molar-refractivity contribution in [3.05, 3.63) is 67.3 Å². The molecule has 0 saturated heterocycles. The molecular formula is C16H22Si. The first-order chi connectivity index (χ1) is 8.17. The smallest absolute Gasteiger partial charge is 0.0843 e. The molecule has 0 bridgehead atoms. The lowest BCUT2D eigenvalue weighted by Gasteiger charge is -2.20. The summed E-state index contributed by atoms with van der Waals surface area (Å²) >= 11 is 0. The van der Waals surface area contributed by atoms with E-state index in [-0.39, 0.29) is 0 Å². The van der Waals surface area contributed by atoms with Crippen LogP contribution >= 0.6 is 0 Å². The molecule has 0 aliphatic carbocycles. The lowest BCUT2D eigenvalue weighted by molar-refractivity contribution is 1.40. The Labute approximate surface area is 106 Å². The standard InChI is InChI=1S/C16H22Si/c1-4-5-6-7-8-12-15-17(2,3)16-13-10-9-11-14-16/h4,6-14H,1,5,15H2,2-3H3/b7-6-,12-8-. The SMILES string of the molecule is C=CC/C=C\C=C/C[Si](C)(C)c1ccccc1. The summed E-state index contributed by atoms with van der Waals surface area (Å²) in [6, 6.07) is 12.1. The molecule has 0 amide bonds. The van der Waals surface area contributed by atoms with Gasteiger partial charge in [-0.15, -0.1) is 6.58 Å². The van der Waals surface area contributed by atoms with E-state index in [0.29, 0.717) is 0 Å². The van der Waals surface area contributed by atoms with Crippen LogP contribution in [0.1, 0.15) is 6.42 Å². The van der Waals surface area contributed by atoms with Crippen LogP contribution in [-0.2, 0) is 0 Å². The summed E-state index contributed by atoms with van der Waals surface area (Å²) in [7, 11) is -1.29. The second-order valence-corrected chi connectivity index (χ2v) is 9.59. The molecule has 0 N–H and O–H groups in total. The molecule has 0 nitrogen and oxygen atoms in total. The summed E-state index contributed by atoms with van der Waals surface area (Å²) in [5.41, 5.74) is 0. The molecule has 0 spiro atoms. The van der Waals surface area contributed by atoms with Gasteiger partial charge in [-0.05, 0) is 12.5 Å². The maximum atomic E-state index is 3.69. The molecule has 1 aromatic carbocycles. The van der Waals surface area contributed by atoms with Gasteiger partial charge in [-0.2, -0.15) is 0 Å². The summed E-state index contributed by atoms with van der Waals surface area (Å²) in [5, 5.41) is 1.53. The van der Waals surface area contributed by atoms with E-state index in [1.54, 1.807) is 0 Å². The normalized spacial score (nSPS) is 12.4. The quantitative estimate of drug-likeness (QED) is 0.396. The highest BCUT2D eigenvalue weighted by Gasteiger charge is 2.20. The maximum Gasteiger partial charge on any atom is 0.0843 e. The Hall–Kier alpha value is -1.34. The van der Waals surface area contributed by atoms with E-state index < -0.39 is 8.07 Å². The van der Waals surface area contributed by atoms with Crippen molar-refractivity contribution >= 4 is 13.3 Å². The highest BCUT2D eigenvalue weighted by Crippen LogP contribution is 2.10. The fraction of sp³-hybridized carbons (Fsp3) is 0.250. The van der Waals surface area contributed by atoms with Crippen molar-refractivity contribution < 1.29 is 0 Å². The van der Waals surface area contributed by atoms with E-state index in [4.69, 9.17) is 0 Å². The minimum atomic E-state index is -1.29. The fourth-order valence-electron chi connectivity index (χ4n) is 1.70. The zero-order valence-electron chi connectivity index (χ0n) is 10.9. The van der Waals surface area contributed by atoms with Gasteiger partial charge < -0.3 is 0 Å². The molecule has 17 heavy (non-hydrogen) atoms. The van der Waals surface area contributed by atoms with Gasteiger partial charge in [0.05, 0.1) is 8.07 Å². The van der Waals surface area contributed by atoms with Crippen LogP contribution in [0.25, 0.3) is 0 Å². The van der Waals surface area contributed by atoms with Crippen LogP contribution in [0, 0.1) is 0 Å². The maximum absolute atomic E-state index is 3.69. The molecule has 0 aliphatic rings. The molecule has 0 atom stereocenters. The van der Waals surface area contributed by atoms with E-state index >= 15 is 0 Å². The highest BCUT2D eigenvalue weighted by atomic mass is 28.3. The summed E-state index contributed by atoms with van der Waals surface area (Å²) in [6.07, 6.45) is 11.5. The molecule has 1 rings (SSSR count). The molecule has 0 heterocycles. The molecule has 0 unspecified atom stereocenters. The van der Waals surface area contributed by atoms with Crippen molar-refractivity contribution in [2.24, 2.45) is 0 Å². The largest absolute Gasteiger partial charge is 0.103 e. The van der Waals surface area contributed by atoms with Crippen LogP contribution in [-0.4, -0.2) is 8.07 Å². The number of hydrogen-bond donors (Lipinski definition) is 0. The second kappa shape index (κ2) is 7.07. The lowest BCUT2D eigenvalue weighted by Crippen LogP contribution is -2.40. The minimum Gasteiger partial charge on any atom is -0.103 e. The first kappa shape index (κ1) is 13.7. The monoisotopic (exact) mass is 242 g/mol. The van der Waals surface area contributed by atoms with Crippen LogP contribution in [0.5, 0.6) is 0 Å². The molecule has 0 radical (unpaired) electrons. The molecule has 90 valence electrons. The Morgan fingerprint density at radius 2 is 1.71 bits per heavy atom. The van der Waals surface area contributed by atoms with Crippen LogP contribution in [0.15, 0.2) is 67.3 Å². The van der Waals surface area contributed by atoms with E-state index in [1.165, 1.54) is 11.2 Å². The van der Waals surface area contributed by atoms with Crippen LogP contribution in [0.3, 0.4) is 0 Å². The van der Waals surface area contributed by atoms with Crippen LogP contribution in [0.4, 0.5) is 0 Å². The lowest BCUT2D eigenvalue weighted by atomic mass is 10.3. The summed E-state index contributed by atoms with van der Waals surface area (Å²) in [6.45, 7) is 8.52. The van der Waals surface area contributed by atoms with Crippen molar-refractivity contribution in [2.45, 2.75) is 25.6 Å². The zero-order chi connectivity index (χ0) is 12.6. The topological polar surface area (TPSA) is 0 Å². The van der Waals surface area contributed by atoms with Gasteiger partial charge in [0.2, 0.25) is 0 Å². The average molecular weight is 242 g/mol. The number of benzene rings is 1. The van der Waals surface area contributed by atoms with E-state index in [9.17, 15) is 0 Å². The molecule has 0 aliphatic heterocycles. The number of rotatable bonds is 6. The van der Waals surface area contributed by atoms with Crippen molar-refractivity contribution in [1.29, 1.82) is 0 Å². The van der Waals surface area contributed by atoms with Gasteiger partial charge in [-0.25, -0.2) is 0 Å². The predicted octanol–water partition coefficient (Wildman–Crippen LogP) is 4.29. The molecule has 0 saturated carbocycles. The van der Waals surface area contributed by atoms with Gasteiger partial charge in [0.1, 0.15) is 0 Å². The van der Waals surface area contributed by atoms with Crippen LogP contribution in [0.2, 0.25) is 19.1 Å². The Morgan fingerprint density at radius 1 is 1.06 bits per heavy atom. The molecule has 1 aromatic rings. The van der Waals surface area contributed by atoms with E-state index in [1.807, 2.05) is 6.08 Å². The Kier molecular flexibility index (Phi) is 5.71. The van der Waals surface area contributed by atoms with Crippen LogP contribution < -0.4 is 5.19 Å². The van der Waals surface area contributed by atoms with E-state index in [0.717, 1.165) is 6.42 Å². The first-order valence-corrected chi connectivity index (χ1v) is 9.35. The van der Waals surface area contributed by atoms with Crippen molar-refractivity contribution in [3.63, 3.8) is 0 Å². The van der Waals surface area contributed by atoms with Gasteiger partial charge in [-0.3, -0.25) is 0 Å². The van der Waals surface area contributed by atoms with Gasteiger partial charge in [0.25, 0.3) is 0 Å². The third kappa shape index (κ3) is 5.01. The zero-order valence-corrected chi connectivity index (χ0v) is 11.9. The van der Waals surface area contributed by atoms with E-state index in [2.05, 4.69) is 74.3 Å². The van der Waals surface area contributed by atoms with Gasteiger partial charge in [0.15, 0.2) is 0 Å². The number of hydrogen-bond acceptors (Lipinski definition) is 0. The average Bonchev–Trinajstić information content (AvgIpc) is 2.35. The van der Waals surface area contributed by atoms with Crippen molar-refractivity contribution in [2.75, 3.05) is 0 Å². The Balaban J connectivity index is 2.53. The summed E-state index contributed by atoms with van der Waals surface area (Å²) in [4.78, 5) is 0. The van der Waals surface area contributed by atoms with Gasteiger partial charge >= 0.3 is 0 Å². The predicted molar refractivity (Wildman–Crippen MR) is 81.5 cm³/mol. The third-order valence-corrected chi connectivity index (χ3v) is 6.02. The Morgan fingerprint density at radius 3 is 2.35 bits per heavy atom. The van der Waals surface area contributed by atoms with Crippen molar-refractivity contribution in [1.82, 2.24) is 0 Å². The van der Waals surface area contributed by atoms with Gasteiger partial charge in [0, 0.05) is 0 Å². The second-order valence-electron chi connectivity index (χ2n) is 4.83. The highest BCUT2D eigenvalue weighted by molar-refractivity contribution is 6.90. The number of allylic oxidation sites excluding steroid dienone is 5. The molecule has 0 fully saturated rings.